The quantitative estimate of drug-likeness (QED) is 0.574. The van der Waals surface area contributed by atoms with Gasteiger partial charge in [0.1, 0.15) is 11.5 Å². The van der Waals surface area contributed by atoms with E-state index in [1.165, 1.54) is 30.4 Å². The largest absolute Gasteiger partial charge is 0.395 e. The number of carbonyl (C=O) groups excluding carboxylic acids is 3. The highest BCUT2D eigenvalue weighted by Gasteiger charge is 2.33. The van der Waals surface area contributed by atoms with E-state index in [9.17, 15) is 23.9 Å². The van der Waals surface area contributed by atoms with Crippen LogP contribution in [0.5, 0.6) is 0 Å². The van der Waals surface area contributed by atoms with Crippen LogP contribution in [0.1, 0.15) is 52.7 Å². The lowest BCUT2D eigenvalue weighted by Gasteiger charge is -2.33. The van der Waals surface area contributed by atoms with Crippen LogP contribution in [0.3, 0.4) is 0 Å². The Kier molecular flexibility index (Phi) is 7.47. The number of imidazole rings is 1. The van der Waals surface area contributed by atoms with E-state index in [1.54, 1.807) is 4.57 Å². The molecule has 0 spiro atoms. The molecule has 1 aromatic heterocycles. The van der Waals surface area contributed by atoms with Gasteiger partial charge in [-0.3, -0.25) is 14.4 Å². The number of aliphatic hydroxyl groups excluding tert-OH is 1. The molecule has 1 aliphatic rings. The molecule has 4 N–H and O–H groups in total. The number of halogens is 2. The second-order valence-electron chi connectivity index (χ2n) is 7.61. The first-order valence-corrected chi connectivity index (χ1v) is 10.6. The lowest BCUT2D eigenvalue weighted by molar-refractivity contribution is -0.123. The molecule has 9 nitrogen and oxygen atoms in total. The van der Waals surface area contributed by atoms with Crippen molar-refractivity contribution in [1.82, 2.24) is 14.9 Å². The van der Waals surface area contributed by atoms with Crippen LogP contribution in [-0.4, -0.2) is 52.6 Å². The van der Waals surface area contributed by atoms with Crippen LogP contribution < -0.4 is 16.0 Å². The van der Waals surface area contributed by atoms with Gasteiger partial charge in [-0.1, -0.05) is 11.6 Å². The van der Waals surface area contributed by atoms with Crippen LogP contribution in [-0.2, 0) is 4.79 Å². The van der Waals surface area contributed by atoms with Gasteiger partial charge in [0, 0.05) is 25.6 Å². The lowest BCUT2D eigenvalue weighted by Crippen LogP contribution is -2.40. The Hall–Kier alpha value is -2.98. The summed E-state index contributed by atoms with van der Waals surface area (Å²) in [4.78, 5) is 42.6. The Morgan fingerprint density at radius 2 is 2.00 bits per heavy atom. The molecular formula is C21H25ClFN5O4. The van der Waals surface area contributed by atoms with E-state index >= 15 is 0 Å². The molecule has 3 amide bonds. The summed E-state index contributed by atoms with van der Waals surface area (Å²) in [5.41, 5.74) is 5.85. The summed E-state index contributed by atoms with van der Waals surface area (Å²) in [6, 6.07) is 3.61. The van der Waals surface area contributed by atoms with Gasteiger partial charge in [0.25, 0.3) is 11.8 Å². The van der Waals surface area contributed by atoms with Gasteiger partial charge in [0.2, 0.25) is 5.91 Å². The summed E-state index contributed by atoms with van der Waals surface area (Å²) in [6.07, 6.45) is 3.56. The Balaban J connectivity index is 1.76. The average Bonchev–Trinajstić information content (AvgIpc) is 3.23. The minimum Gasteiger partial charge on any atom is -0.395 e. The maximum absolute atomic E-state index is 13.4. The van der Waals surface area contributed by atoms with Gasteiger partial charge in [-0.05, 0) is 43.9 Å². The minimum atomic E-state index is -0.751. The van der Waals surface area contributed by atoms with Crippen molar-refractivity contribution in [3.8, 4) is 0 Å². The monoisotopic (exact) mass is 465 g/mol. The van der Waals surface area contributed by atoms with Gasteiger partial charge >= 0.3 is 0 Å². The molecule has 1 saturated carbocycles. The molecule has 11 heteroatoms. The van der Waals surface area contributed by atoms with Gasteiger partial charge in [-0.15, -0.1) is 0 Å². The second-order valence-corrected chi connectivity index (χ2v) is 8.01. The molecule has 0 bridgehead atoms. The first kappa shape index (κ1) is 23.7. The zero-order valence-corrected chi connectivity index (χ0v) is 18.3. The Morgan fingerprint density at radius 3 is 2.56 bits per heavy atom. The highest BCUT2D eigenvalue weighted by Crippen LogP contribution is 2.36. The number of carbonyl (C=O) groups is 3. The van der Waals surface area contributed by atoms with E-state index in [-0.39, 0.29) is 47.4 Å². The molecule has 0 saturated heterocycles. The van der Waals surface area contributed by atoms with Gasteiger partial charge in [0.05, 0.1) is 23.6 Å². The Labute approximate surface area is 189 Å². The van der Waals surface area contributed by atoms with Crippen molar-refractivity contribution in [3.63, 3.8) is 0 Å². The van der Waals surface area contributed by atoms with E-state index < -0.39 is 17.6 Å². The van der Waals surface area contributed by atoms with Crippen LogP contribution in [0.4, 0.5) is 10.1 Å². The van der Waals surface area contributed by atoms with Crippen LogP contribution in [0, 0.1) is 11.7 Å². The lowest BCUT2D eigenvalue weighted by atomic mass is 9.84. The van der Waals surface area contributed by atoms with Crippen molar-refractivity contribution in [2.24, 2.45) is 11.7 Å². The summed E-state index contributed by atoms with van der Waals surface area (Å²) >= 11 is 6.13. The van der Waals surface area contributed by atoms with Crippen molar-refractivity contribution in [2.75, 3.05) is 25.1 Å². The van der Waals surface area contributed by atoms with Gasteiger partial charge in [-0.2, -0.15) is 0 Å². The molecule has 1 aliphatic carbocycles. The standard InChI is InChI=1S/C21H25ClFN5O4/c1-25-20(31)17-18(19(24)30)28(11-26-17)14-5-2-12(3-6-14)21(32)27(8-9-29)16-7-4-13(23)10-15(16)22/h4,7,10-12,14,29H,2-3,5-6,8-9H2,1H3,(H2,24,30)(H,25,31)/t12-,14-. The van der Waals surface area contributed by atoms with Crippen molar-refractivity contribution in [1.29, 1.82) is 0 Å². The summed E-state index contributed by atoms with van der Waals surface area (Å²) in [7, 11) is 1.44. The smallest absolute Gasteiger partial charge is 0.272 e. The summed E-state index contributed by atoms with van der Waals surface area (Å²) in [5, 5.41) is 12.0. The third-order valence-corrected chi connectivity index (χ3v) is 6.00. The summed E-state index contributed by atoms with van der Waals surface area (Å²) in [5.74, 6) is -2.32. The molecule has 0 atom stereocenters. The number of rotatable bonds is 7. The number of nitrogens with zero attached hydrogens (tertiary/aromatic N) is 3. The molecule has 1 fully saturated rings. The number of hydrogen-bond acceptors (Lipinski definition) is 5. The highest BCUT2D eigenvalue weighted by atomic mass is 35.5. The highest BCUT2D eigenvalue weighted by molar-refractivity contribution is 6.33. The number of benzene rings is 1. The van der Waals surface area contributed by atoms with Crippen molar-refractivity contribution >= 4 is 35.0 Å². The van der Waals surface area contributed by atoms with Gasteiger partial charge < -0.3 is 25.6 Å². The van der Waals surface area contributed by atoms with Crippen molar-refractivity contribution < 1.29 is 23.9 Å². The number of nitrogens with two attached hydrogens (primary N) is 1. The average molecular weight is 466 g/mol. The SMILES string of the molecule is CNC(=O)c1ncn([C@H]2CC[C@H](C(=O)N(CCO)c3ccc(F)cc3Cl)CC2)c1C(N)=O. The molecule has 0 aliphatic heterocycles. The summed E-state index contributed by atoms with van der Waals surface area (Å²) < 4.78 is 15.0. The fourth-order valence-electron chi connectivity index (χ4n) is 4.14. The third kappa shape index (κ3) is 4.76. The van der Waals surface area contributed by atoms with Crippen LogP contribution in [0.25, 0.3) is 0 Å². The second kappa shape index (κ2) is 10.1. The molecule has 1 heterocycles. The van der Waals surface area contributed by atoms with Gasteiger partial charge in [-0.25, -0.2) is 9.37 Å². The zero-order valence-electron chi connectivity index (χ0n) is 17.6. The number of anilines is 1. The summed E-state index contributed by atoms with van der Waals surface area (Å²) in [6.45, 7) is -0.235. The molecule has 1 aromatic carbocycles. The Morgan fingerprint density at radius 1 is 1.31 bits per heavy atom. The Bertz CT molecular complexity index is 1020. The first-order chi connectivity index (χ1) is 15.3. The third-order valence-electron chi connectivity index (χ3n) is 5.70. The number of aromatic nitrogens is 2. The molecule has 3 rings (SSSR count). The van der Waals surface area contributed by atoms with E-state index in [0.29, 0.717) is 31.4 Å². The number of aliphatic hydroxyl groups is 1. The number of hydrogen-bond donors (Lipinski definition) is 3. The fraction of sp³-hybridized carbons (Fsp3) is 0.429. The van der Waals surface area contributed by atoms with E-state index in [4.69, 9.17) is 17.3 Å². The number of amides is 3. The molecular weight excluding hydrogens is 441 g/mol. The van der Waals surface area contributed by atoms with Crippen LogP contribution in [0.2, 0.25) is 5.02 Å². The zero-order chi connectivity index (χ0) is 23.4. The topological polar surface area (TPSA) is 131 Å². The van der Waals surface area contributed by atoms with Crippen LogP contribution >= 0.6 is 11.6 Å². The normalized spacial score (nSPS) is 18.2. The molecule has 2 aromatic rings. The molecule has 0 unspecified atom stereocenters. The first-order valence-electron chi connectivity index (χ1n) is 10.2. The molecule has 172 valence electrons. The van der Waals surface area contributed by atoms with E-state index in [0.717, 1.165) is 6.07 Å². The number of primary amides is 1. The molecule has 32 heavy (non-hydrogen) atoms. The van der Waals surface area contributed by atoms with Crippen LogP contribution in [0.15, 0.2) is 24.5 Å². The maximum Gasteiger partial charge on any atom is 0.272 e. The maximum atomic E-state index is 13.4. The number of nitrogens with one attached hydrogen (secondary N) is 1. The predicted molar refractivity (Wildman–Crippen MR) is 116 cm³/mol. The van der Waals surface area contributed by atoms with Crippen molar-refractivity contribution in [2.45, 2.75) is 31.7 Å². The van der Waals surface area contributed by atoms with Crippen molar-refractivity contribution in [3.05, 3.63) is 46.8 Å². The van der Waals surface area contributed by atoms with E-state index in [1.807, 2.05) is 0 Å². The van der Waals surface area contributed by atoms with E-state index in [2.05, 4.69) is 10.3 Å². The van der Waals surface area contributed by atoms with Gasteiger partial charge in [0.15, 0.2) is 5.69 Å². The fourth-order valence-corrected chi connectivity index (χ4v) is 4.41. The molecule has 0 radical (unpaired) electrons. The minimum absolute atomic E-state index is 0.0294. The predicted octanol–water partition coefficient (Wildman–Crippen LogP) is 1.89.